The van der Waals surface area contributed by atoms with E-state index < -0.39 is 0 Å². The highest BCUT2D eigenvalue weighted by Gasteiger charge is 2.20. The van der Waals surface area contributed by atoms with Crippen LogP contribution in [-0.4, -0.2) is 25.7 Å². The fraction of sp³-hybridized carbons (Fsp3) is 0.684. The zero-order chi connectivity index (χ0) is 15.2. The maximum atomic E-state index is 3.69. The van der Waals surface area contributed by atoms with E-state index in [1.165, 1.54) is 37.1 Å². The molecule has 0 saturated carbocycles. The van der Waals surface area contributed by atoms with Crippen molar-refractivity contribution in [1.29, 1.82) is 0 Å². The van der Waals surface area contributed by atoms with Crippen LogP contribution in [0.5, 0.6) is 0 Å². The summed E-state index contributed by atoms with van der Waals surface area (Å²) >= 11 is 0. The van der Waals surface area contributed by atoms with E-state index in [0.29, 0.717) is 6.04 Å². The Balaban J connectivity index is 1.81. The normalized spacial score (nSPS) is 19.7. The Bertz CT molecular complexity index is 427. The Morgan fingerprint density at radius 2 is 1.95 bits per heavy atom. The molecular weight excluding hydrogens is 256 g/mol. The Morgan fingerprint density at radius 1 is 1.19 bits per heavy atom. The van der Waals surface area contributed by atoms with Gasteiger partial charge in [-0.2, -0.15) is 0 Å². The highest BCUT2D eigenvalue weighted by Crippen LogP contribution is 2.28. The molecule has 2 heteroatoms. The maximum Gasteiger partial charge on any atom is 0.0399 e. The number of nitrogens with zero attached hydrogens (tertiary/aromatic N) is 1. The van der Waals surface area contributed by atoms with Gasteiger partial charge < -0.3 is 10.2 Å². The largest absolute Gasteiger partial charge is 0.370 e. The molecule has 1 heterocycles. The van der Waals surface area contributed by atoms with E-state index in [0.717, 1.165) is 24.9 Å². The summed E-state index contributed by atoms with van der Waals surface area (Å²) in [6.07, 6.45) is 3.83. The van der Waals surface area contributed by atoms with Gasteiger partial charge in [0.2, 0.25) is 0 Å². The highest BCUT2D eigenvalue weighted by molar-refractivity contribution is 5.55. The van der Waals surface area contributed by atoms with Gasteiger partial charge in [-0.25, -0.2) is 0 Å². The Labute approximate surface area is 130 Å². The zero-order valence-corrected chi connectivity index (χ0v) is 14.2. The maximum absolute atomic E-state index is 3.69. The summed E-state index contributed by atoms with van der Waals surface area (Å²) in [4.78, 5) is 2.56. The first-order chi connectivity index (χ1) is 10.1. The van der Waals surface area contributed by atoms with E-state index in [1.807, 2.05) is 0 Å². The first-order valence-corrected chi connectivity index (χ1v) is 8.62. The minimum absolute atomic E-state index is 0.629. The van der Waals surface area contributed by atoms with Crippen LogP contribution in [0.15, 0.2) is 24.3 Å². The third-order valence-corrected chi connectivity index (χ3v) is 4.48. The smallest absolute Gasteiger partial charge is 0.0399 e. The fourth-order valence-electron chi connectivity index (χ4n) is 3.25. The van der Waals surface area contributed by atoms with E-state index in [2.05, 4.69) is 62.2 Å². The molecule has 0 bridgehead atoms. The average molecular weight is 288 g/mol. The molecule has 1 N–H and O–H groups in total. The number of hydrogen-bond donors (Lipinski definition) is 1. The van der Waals surface area contributed by atoms with Crippen molar-refractivity contribution in [3.05, 3.63) is 29.8 Å². The number of rotatable bonds is 7. The third kappa shape index (κ3) is 5.03. The SMILES string of the molecule is CC(C)CCC(C)NCCN1CC(C)Cc2ccccc21. The molecule has 21 heavy (non-hydrogen) atoms. The first-order valence-electron chi connectivity index (χ1n) is 8.62. The topological polar surface area (TPSA) is 15.3 Å². The Kier molecular flexibility index (Phi) is 6.10. The second-order valence-electron chi connectivity index (χ2n) is 7.21. The Hall–Kier alpha value is -1.02. The highest BCUT2D eigenvalue weighted by atomic mass is 15.2. The summed E-state index contributed by atoms with van der Waals surface area (Å²) in [5.74, 6) is 1.57. The molecule has 0 aliphatic carbocycles. The molecule has 1 aromatic rings. The lowest BCUT2D eigenvalue weighted by Crippen LogP contribution is -2.40. The number of nitrogens with one attached hydrogen (secondary N) is 1. The number of anilines is 1. The molecule has 2 unspecified atom stereocenters. The molecule has 0 fully saturated rings. The van der Waals surface area contributed by atoms with Crippen LogP contribution < -0.4 is 10.2 Å². The second-order valence-corrected chi connectivity index (χ2v) is 7.21. The van der Waals surface area contributed by atoms with Crippen LogP contribution in [-0.2, 0) is 6.42 Å². The molecule has 2 rings (SSSR count). The molecule has 118 valence electrons. The molecule has 0 radical (unpaired) electrons. The predicted octanol–water partition coefficient (Wildman–Crippen LogP) is 4.10. The van der Waals surface area contributed by atoms with Crippen LogP contribution >= 0.6 is 0 Å². The van der Waals surface area contributed by atoms with Crippen LogP contribution in [0, 0.1) is 11.8 Å². The van der Waals surface area contributed by atoms with Crippen molar-refractivity contribution in [2.24, 2.45) is 11.8 Å². The summed E-state index contributed by atoms with van der Waals surface area (Å²) < 4.78 is 0. The zero-order valence-electron chi connectivity index (χ0n) is 14.2. The summed E-state index contributed by atoms with van der Waals surface area (Å²) in [6.45, 7) is 12.7. The van der Waals surface area contributed by atoms with Gasteiger partial charge in [-0.05, 0) is 49.7 Å². The van der Waals surface area contributed by atoms with Crippen LogP contribution in [0.1, 0.15) is 46.1 Å². The van der Waals surface area contributed by atoms with Crippen molar-refractivity contribution >= 4 is 5.69 Å². The van der Waals surface area contributed by atoms with E-state index in [9.17, 15) is 0 Å². The minimum atomic E-state index is 0.629. The van der Waals surface area contributed by atoms with Crippen molar-refractivity contribution < 1.29 is 0 Å². The van der Waals surface area contributed by atoms with E-state index >= 15 is 0 Å². The van der Waals surface area contributed by atoms with E-state index in [-0.39, 0.29) is 0 Å². The van der Waals surface area contributed by atoms with Gasteiger partial charge >= 0.3 is 0 Å². The predicted molar refractivity (Wildman–Crippen MR) is 93.1 cm³/mol. The van der Waals surface area contributed by atoms with E-state index in [4.69, 9.17) is 0 Å². The minimum Gasteiger partial charge on any atom is -0.370 e. The summed E-state index contributed by atoms with van der Waals surface area (Å²) in [5, 5.41) is 3.69. The van der Waals surface area contributed by atoms with Gasteiger partial charge in [-0.1, -0.05) is 39.0 Å². The number of para-hydroxylation sites is 1. The standard InChI is InChI=1S/C19H32N2/c1-15(2)9-10-17(4)20-11-12-21-14-16(3)13-18-7-5-6-8-19(18)21/h5-8,15-17,20H,9-14H2,1-4H3. The second kappa shape index (κ2) is 7.84. The van der Waals surface area contributed by atoms with Crippen molar-refractivity contribution in [2.45, 2.75) is 53.0 Å². The molecule has 0 aromatic heterocycles. The average Bonchev–Trinajstić information content (AvgIpc) is 2.45. The molecule has 1 aromatic carbocycles. The first kappa shape index (κ1) is 16.4. The van der Waals surface area contributed by atoms with Crippen LogP contribution in [0.4, 0.5) is 5.69 Å². The quantitative estimate of drug-likeness (QED) is 0.812. The lowest BCUT2D eigenvalue weighted by atomic mass is 9.94. The number of hydrogen-bond acceptors (Lipinski definition) is 2. The van der Waals surface area contributed by atoms with Crippen molar-refractivity contribution in [2.75, 3.05) is 24.5 Å². The summed E-state index contributed by atoms with van der Waals surface area (Å²) in [6, 6.07) is 9.53. The van der Waals surface area contributed by atoms with Gasteiger partial charge in [0.25, 0.3) is 0 Å². The molecule has 2 nitrogen and oxygen atoms in total. The van der Waals surface area contributed by atoms with Crippen LogP contribution in [0.25, 0.3) is 0 Å². The van der Waals surface area contributed by atoms with Crippen LogP contribution in [0.3, 0.4) is 0 Å². The van der Waals surface area contributed by atoms with Gasteiger partial charge in [-0.15, -0.1) is 0 Å². The molecule has 1 aliphatic rings. The molecule has 0 spiro atoms. The molecule has 0 amide bonds. The van der Waals surface area contributed by atoms with Crippen molar-refractivity contribution in [1.82, 2.24) is 5.32 Å². The number of fused-ring (bicyclic) bond motifs is 1. The van der Waals surface area contributed by atoms with Gasteiger partial charge in [0.1, 0.15) is 0 Å². The molecule has 2 atom stereocenters. The van der Waals surface area contributed by atoms with Crippen LogP contribution in [0.2, 0.25) is 0 Å². The van der Waals surface area contributed by atoms with Gasteiger partial charge in [0, 0.05) is 31.4 Å². The molecule has 0 saturated heterocycles. The van der Waals surface area contributed by atoms with Gasteiger partial charge in [0.15, 0.2) is 0 Å². The molecule has 1 aliphatic heterocycles. The van der Waals surface area contributed by atoms with Gasteiger partial charge in [-0.3, -0.25) is 0 Å². The fourth-order valence-corrected chi connectivity index (χ4v) is 3.25. The Morgan fingerprint density at radius 3 is 2.71 bits per heavy atom. The lowest BCUT2D eigenvalue weighted by molar-refractivity contribution is 0.447. The third-order valence-electron chi connectivity index (χ3n) is 4.48. The lowest BCUT2D eigenvalue weighted by Gasteiger charge is -2.35. The molecular formula is C19H32N2. The van der Waals surface area contributed by atoms with Crippen molar-refractivity contribution in [3.63, 3.8) is 0 Å². The summed E-state index contributed by atoms with van der Waals surface area (Å²) in [5.41, 5.74) is 2.97. The summed E-state index contributed by atoms with van der Waals surface area (Å²) in [7, 11) is 0. The monoisotopic (exact) mass is 288 g/mol. The number of benzene rings is 1. The van der Waals surface area contributed by atoms with Crippen molar-refractivity contribution in [3.8, 4) is 0 Å². The van der Waals surface area contributed by atoms with E-state index in [1.54, 1.807) is 0 Å². The van der Waals surface area contributed by atoms with Gasteiger partial charge in [0.05, 0.1) is 0 Å².